The molecule has 1 aliphatic heterocycles. The lowest BCUT2D eigenvalue weighted by molar-refractivity contribution is -0.126. The molecule has 1 aliphatic rings. The molecule has 4 aromatic rings. The third kappa shape index (κ3) is 6.09. The number of hydrogen-bond donors (Lipinski definition) is 1. The fraction of sp³-hybridized carbons (Fsp3) is 0.333. The highest BCUT2D eigenvalue weighted by Gasteiger charge is 2.26. The topological polar surface area (TPSA) is 89.1 Å². The van der Waals surface area contributed by atoms with Crippen LogP contribution in [-0.4, -0.2) is 43.6 Å². The van der Waals surface area contributed by atoms with Gasteiger partial charge in [0.2, 0.25) is 17.6 Å². The largest absolute Gasteiger partial charge is 0.352 e. The molecule has 1 saturated heterocycles. The fourth-order valence-corrected chi connectivity index (χ4v) is 4.78. The van der Waals surface area contributed by atoms with Crippen LogP contribution in [0.1, 0.15) is 35.7 Å². The second-order valence-electron chi connectivity index (χ2n) is 9.21. The highest BCUT2D eigenvalue weighted by atomic mass is 79.9. The van der Waals surface area contributed by atoms with Crippen molar-refractivity contribution in [2.24, 2.45) is 5.92 Å². The molecule has 1 fully saturated rings. The molecule has 3 heterocycles. The number of aryl methyl sites for hydroxylation is 1. The van der Waals surface area contributed by atoms with Crippen molar-refractivity contribution in [2.75, 3.05) is 13.1 Å². The van der Waals surface area contributed by atoms with E-state index in [9.17, 15) is 4.79 Å². The molecule has 2 aromatic carbocycles. The summed E-state index contributed by atoms with van der Waals surface area (Å²) >= 11 is 3.44. The number of aromatic nitrogens is 4. The summed E-state index contributed by atoms with van der Waals surface area (Å²) in [6, 6.07) is 16.2. The standard InChI is InChI=1S/C27H29BrN6O2/c1-19-29-11-14-34(19)17-21-4-2-3-20(15-21)16-30-27(35)23-9-12-33(13-10-23)18-25-31-26(32-36-25)22-5-7-24(28)8-6-22/h2-8,11,14-15,23H,9-10,12-13,16-18H2,1H3,(H,30,35). The van der Waals surface area contributed by atoms with Crippen molar-refractivity contribution in [1.29, 1.82) is 0 Å². The van der Waals surface area contributed by atoms with Gasteiger partial charge < -0.3 is 14.4 Å². The minimum absolute atomic E-state index is 0.0269. The Morgan fingerprint density at radius 3 is 2.64 bits per heavy atom. The maximum Gasteiger partial charge on any atom is 0.241 e. The quantitative estimate of drug-likeness (QED) is 0.346. The molecular weight excluding hydrogens is 520 g/mol. The number of likely N-dealkylation sites (tertiary alicyclic amines) is 1. The molecule has 2 aromatic heterocycles. The first kappa shape index (κ1) is 24.4. The zero-order valence-electron chi connectivity index (χ0n) is 20.2. The van der Waals surface area contributed by atoms with Gasteiger partial charge in [0.05, 0.1) is 6.54 Å². The highest BCUT2D eigenvalue weighted by Crippen LogP contribution is 2.22. The van der Waals surface area contributed by atoms with E-state index in [4.69, 9.17) is 4.52 Å². The molecule has 0 bridgehead atoms. The minimum atomic E-state index is 0.0269. The van der Waals surface area contributed by atoms with E-state index in [1.165, 1.54) is 5.56 Å². The van der Waals surface area contributed by atoms with E-state index in [1.807, 2.05) is 49.6 Å². The summed E-state index contributed by atoms with van der Waals surface area (Å²) in [7, 11) is 0. The number of rotatable bonds is 8. The summed E-state index contributed by atoms with van der Waals surface area (Å²) < 4.78 is 8.59. The normalized spacial score (nSPS) is 14.7. The molecule has 1 amide bonds. The third-order valence-electron chi connectivity index (χ3n) is 6.62. The SMILES string of the molecule is Cc1nccn1Cc1cccc(CNC(=O)C2CCN(Cc3nc(-c4ccc(Br)cc4)no3)CC2)c1. The predicted molar refractivity (Wildman–Crippen MR) is 140 cm³/mol. The van der Waals surface area contributed by atoms with Crippen LogP contribution in [0.4, 0.5) is 0 Å². The number of halogens is 1. The van der Waals surface area contributed by atoms with Gasteiger partial charge in [0.15, 0.2) is 0 Å². The Labute approximate surface area is 218 Å². The number of benzene rings is 2. The lowest BCUT2D eigenvalue weighted by Gasteiger charge is -2.30. The number of amides is 1. The van der Waals surface area contributed by atoms with E-state index >= 15 is 0 Å². The number of hydrogen-bond acceptors (Lipinski definition) is 6. The second-order valence-corrected chi connectivity index (χ2v) is 10.1. The summed E-state index contributed by atoms with van der Waals surface area (Å²) in [4.78, 5) is 23.9. The van der Waals surface area contributed by atoms with Gasteiger partial charge >= 0.3 is 0 Å². The van der Waals surface area contributed by atoms with Crippen molar-refractivity contribution >= 4 is 21.8 Å². The van der Waals surface area contributed by atoms with Crippen LogP contribution in [0.15, 0.2) is 69.9 Å². The second kappa shape index (κ2) is 11.2. The lowest BCUT2D eigenvalue weighted by Crippen LogP contribution is -2.40. The summed E-state index contributed by atoms with van der Waals surface area (Å²) in [6.07, 6.45) is 5.43. The van der Waals surface area contributed by atoms with E-state index in [-0.39, 0.29) is 11.8 Å². The van der Waals surface area contributed by atoms with Gasteiger partial charge in [-0.2, -0.15) is 4.98 Å². The van der Waals surface area contributed by atoms with Gasteiger partial charge in [-0.1, -0.05) is 45.4 Å². The molecule has 5 rings (SSSR count). The number of nitrogens with zero attached hydrogens (tertiary/aromatic N) is 5. The number of imidazole rings is 1. The Morgan fingerprint density at radius 2 is 1.89 bits per heavy atom. The average Bonchev–Trinajstić information content (AvgIpc) is 3.52. The van der Waals surface area contributed by atoms with Crippen LogP contribution in [0.25, 0.3) is 11.4 Å². The van der Waals surface area contributed by atoms with Crippen molar-refractivity contribution in [3.05, 3.63) is 88.2 Å². The number of nitrogens with one attached hydrogen (secondary N) is 1. The maximum atomic E-state index is 12.8. The fourth-order valence-electron chi connectivity index (χ4n) is 4.52. The first-order valence-corrected chi connectivity index (χ1v) is 13.0. The molecule has 9 heteroatoms. The van der Waals surface area contributed by atoms with Crippen molar-refractivity contribution in [3.8, 4) is 11.4 Å². The van der Waals surface area contributed by atoms with Crippen LogP contribution in [0.3, 0.4) is 0 Å². The van der Waals surface area contributed by atoms with E-state index < -0.39 is 0 Å². The molecule has 0 spiro atoms. The first-order valence-electron chi connectivity index (χ1n) is 12.2. The molecule has 36 heavy (non-hydrogen) atoms. The molecule has 8 nitrogen and oxygen atoms in total. The van der Waals surface area contributed by atoms with E-state index in [2.05, 4.69) is 64.0 Å². The van der Waals surface area contributed by atoms with Crippen molar-refractivity contribution in [1.82, 2.24) is 29.9 Å². The maximum absolute atomic E-state index is 12.8. The van der Waals surface area contributed by atoms with Gasteiger partial charge in [-0.15, -0.1) is 0 Å². The number of piperidine rings is 1. The van der Waals surface area contributed by atoms with Gasteiger partial charge in [0, 0.05) is 41.4 Å². The Bertz CT molecular complexity index is 1310. The molecule has 0 radical (unpaired) electrons. The zero-order valence-corrected chi connectivity index (χ0v) is 21.8. The Kier molecular flexibility index (Phi) is 7.58. The molecule has 0 atom stereocenters. The van der Waals surface area contributed by atoms with E-state index in [1.54, 1.807) is 0 Å². The van der Waals surface area contributed by atoms with E-state index in [0.29, 0.717) is 24.8 Å². The molecule has 0 aliphatic carbocycles. The smallest absolute Gasteiger partial charge is 0.241 e. The van der Waals surface area contributed by atoms with Crippen molar-refractivity contribution in [2.45, 2.75) is 39.4 Å². The van der Waals surface area contributed by atoms with Gasteiger partial charge in [0.1, 0.15) is 5.82 Å². The zero-order chi connectivity index (χ0) is 24.9. The molecule has 186 valence electrons. The molecule has 1 N–H and O–H groups in total. The molecule has 0 saturated carbocycles. The van der Waals surface area contributed by atoms with Crippen LogP contribution >= 0.6 is 15.9 Å². The van der Waals surface area contributed by atoms with Crippen molar-refractivity contribution in [3.63, 3.8) is 0 Å². The highest BCUT2D eigenvalue weighted by molar-refractivity contribution is 9.10. The Balaban J connectivity index is 1.08. The summed E-state index contributed by atoms with van der Waals surface area (Å²) in [5.74, 6) is 2.33. The minimum Gasteiger partial charge on any atom is -0.352 e. The Hall–Kier alpha value is -3.30. The van der Waals surface area contributed by atoms with Crippen LogP contribution in [0, 0.1) is 12.8 Å². The van der Waals surface area contributed by atoms with E-state index in [0.717, 1.165) is 53.9 Å². The van der Waals surface area contributed by atoms with Crippen molar-refractivity contribution < 1.29 is 9.32 Å². The molecule has 0 unspecified atom stereocenters. The van der Waals surface area contributed by atoms with Gasteiger partial charge in [-0.3, -0.25) is 9.69 Å². The van der Waals surface area contributed by atoms with Gasteiger partial charge in [-0.05, 0) is 68.2 Å². The van der Waals surface area contributed by atoms with Gasteiger partial charge in [0.25, 0.3) is 0 Å². The Morgan fingerprint density at radius 1 is 1.11 bits per heavy atom. The monoisotopic (exact) mass is 548 g/mol. The lowest BCUT2D eigenvalue weighted by atomic mass is 9.96. The van der Waals surface area contributed by atoms with Crippen LogP contribution in [-0.2, 0) is 24.4 Å². The number of carbonyl (C=O) groups is 1. The summed E-state index contributed by atoms with van der Waals surface area (Å²) in [6.45, 7) is 5.56. The number of carbonyl (C=O) groups excluding carboxylic acids is 1. The van der Waals surface area contributed by atoms with Gasteiger partial charge in [-0.25, -0.2) is 4.98 Å². The molecular formula is C27H29BrN6O2. The summed E-state index contributed by atoms with van der Waals surface area (Å²) in [5.41, 5.74) is 3.22. The van der Waals surface area contributed by atoms with Crippen LogP contribution in [0.2, 0.25) is 0 Å². The first-order chi connectivity index (χ1) is 17.5. The van der Waals surface area contributed by atoms with Crippen LogP contribution < -0.4 is 5.32 Å². The average molecular weight is 549 g/mol. The van der Waals surface area contributed by atoms with Crippen LogP contribution in [0.5, 0.6) is 0 Å². The third-order valence-corrected chi connectivity index (χ3v) is 7.15. The predicted octanol–water partition coefficient (Wildman–Crippen LogP) is 4.58. The summed E-state index contributed by atoms with van der Waals surface area (Å²) in [5, 5.41) is 7.25.